The van der Waals surface area contributed by atoms with E-state index in [1.165, 1.54) is 0 Å². The molecular formula is C17H15Cl2NO. The SMILES string of the molecule is CC(ON=CC=Cc1c(Cl)cccc1Cl)c1ccccc1. The quantitative estimate of drug-likeness (QED) is 0.506. The molecule has 0 saturated carbocycles. The van der Waals surface area contributed by atoms with E-state index < -0.39 is 0 Å². The number of hydrogen-bond donors (Lipinski definition) is 0. The van der Waals surface area contributed by atoms with Crippen molar-refractivity contribution >= 4 is 35.5 Å². The number of oxime groups is 1. The van der Waals surface area contributed by atoms with E-state index in [2.05, 4.69) is 5.16 Å². The summed E-state index contributed by atoms with van der Waals surface area (Å²) >= 11 is 12.1. The molecule has 1 unspecified atom stereocenters. The first-order chi connectivity index (χ1) is 10.2. The zero-order valence-corrected chi connectivity index (χ0v) is 13.1. The monoisotopic (exact) mass is 319 g/mol. The summed E-state index contributed by atoms with van der Waals surface area (Å²) in [6.45, 7) is 1.95. The summed E-state index contributed by atoms with van der Waals surface area (Å²) in [6.07, 6.45) is 5.01. The van der Waals surface area contributed by atoms with Gasteiger partial charge in [0.05, 0.1) is 6.21 Å². The minimum absolute atomic E-state index is 0.0975. The first-order valence-corrected chi connectivity index (χ1v) is 7.29. The van der Waals surface area contributed by atoms with Gasteiger partial charge < -0.3 is 4.84 Å². The van der Waals surface area contributed by atoms with Crippen LogP contribution in [0.15, 0.2) is 59.8 Å². The van der Waals surface area contributed by atoms with Gasteiger partial charge in [0.2, 0.25) is 0 Å². The standard InChI is InChI=1S/C17H15Cl2NO/c1-13(14-7-3-2-4-8-14)21-20-12-6-9-15-16(18)10-5-11-17(15)19/h2-13H,1H3. The number of nitrogens with zero attached hydrogens (tertiary/aromatic N) is 1. The lowest BCUT2D eigenvalue weighted by Crippen LogP contribution is -1.94. The van der Waals surface area contributed by atoms with E-state index in [1.54, 1.807) is 36.6 Å². The second kappa shape index (κ2) is 7.87. The predicted octanol–water partition coefficient (Wildman–Crippen LogP) is 5.77. The first-order valence-electron chi connectivity index (χ1n) is 6.53. The Hall–Kier alpha value is -1.77. The molecule has 2 rings (SSSR count). The molecule has 0 aliphatic heterocycles. The smallest absolute Gasteiger partial charge is 0.149 e. The lowest BCUT2D eigenvalue weighted by molar-refractivity contribution is 0.0737. The second-order valence-electron chi connectivity index (χ2n) is 4.41. The Morgan fingerprint density at radius 1 is 1.00 bits per heavy atom. The minimum Gasteiger partial charge on any atom is -0.388 e. The van der Waals surface area contributed by atoms with Crippen molar-refractivity contribution in [1.82, 2.24) is 0 Å². The lowest BCUT2D eigenvalue weighted by Gasteiger charge is -2.08. The third-order valence-electron chi connectivity index (χ3n) is 2.90. The average Bonchev–Trinajstić information content (AvgIpc) is 2.50. The molecule has 0 aliphatic rings. The molecule has 0 fully saturated rings. The molecule has 108 valence electrons. The van der Waals surface area contributed by atoms with Gasteiger partial charge in [0.1, 0.15) is 6.10 Å². The largest absolute Gasteiger partial charge is 0.388 e. The molecule has 4 heteroatoms. The van der Waals surface area contributed by atoms with Gasteiger partial charge in [-0.3, -0.25) is 0 Å². The minimum atomic E-state index is -0.0975. The zero-order valence-electron chi connectivity index (χ0n) is 11.5. The van der Waals surface area contributed by atoms with Gasteiger partial charge in [0.15, 0.2) is 0 Å². The van der Waals surface area contributed by atoms with E-state index in [4.69, 9.17) is 28.0 Å². The van der Waals surface area contributed by atoms with Crippen LogP contribution in [0.4, 0.5) is 0 Å². The maximum absolute atomic E-state index is 6.06. The molecule has 2 aromatic rings. The molecule has 0 bridgehead atoms. The maximum Gasteiger partial charge on any atom is 0.149 e. The third kappa shape index (κ3) is 4.62. The summed E-state index contributed by atoms with van der Waals surface area (Å²) in [7, 11) is 0. The van der Waals surface area contributed by atoms with Gasteiger partial charge in [-0.2, -0.15) is 0 Å². The van der Waals surface area contributed by atoms with E-state index >= 15 is 0 Å². The van der Waals surface area contributed by atoms with Gasteiger partial charge in [-0.15, -0.1) is 0 Å². The summed E-state index contributed by atoms with van der Waals surface area (Å²) < 4.78 is 0. The molecule has 0 aromatic heterocycles. The maximum atomic E-state index is 6.06. The van der Waals surface area contributed by atoms with E-state index in [0.29, 0.717) is 10.0 Å². The van der Waals surface area contributed by atoms with Gasteiger partial charge in [-0.1, -0.05) is 70.8 Å². The van der Waals surface area contributed by atoms with Crippen LogP contribution < -0.4 is 0 Å². The van der Waals surface area contributed by atoms with Crippen molar-refractivity contribution < 1.29 is 4.84 Å². The summed E-state index contributed by atoms with van der Waals surface area (Å²) in [5, 5.41) is 5.13. The average molecular weight is 320 g/mol. The topological polar surface area (TPSA) is 21.6 Å². The molecule has 0 radical (unpaired) electrons. The molecule has 0 aliphatic carbocycles. The van der Waals surface area contributed by atoms with Gasteiger partial charge in [0, 0.05) is 15.6 Å². The predicted molar refractivity (Wildman–Crippen MR) is 89.9 cm³/mol. The highest BCUT2D eigenvalue weighted by Gasteiger charge is 2.03. The Labute approximate surface area is 134 Å². The van der Waals surface area contributed by atoms with Crippen molar-refractivity contribution in [3.05, 3.63) is 75.8 Å². The second-order valence-corrected chi connectivity index (χ2v) is 5.22. The highest BCUT2D eigenvalue weighted by atomic mass is 35.5. The fourth-order valence-electron chi connectivity index (χ4n) is 1.76. The van der Waals surface area contributed by atoms with Crippen molar-refractivity contribution in [2.75, 3.05) is 0 Å². The summed E-state index contributed by atoms with van der Waals surface area (Å²) in [4.78, 5) is 5.38. The molecule has 0 spiro atoms. The van der Waals surface area contributed by atoms with Crippen LogP contribution in [-0.4, -0.2) is 6.21 Å². The van der Waals surface area contributed by atoms with Gasteiger partial charge in [-0.25, -0.2) is 0 Å². The van der Waals surface area contributed by atoms with Crippen LogP contribution in [0.2, 0.25) is 10.0 Å². The number of allylic oxidation sites excluding steroid dienone is 1. The molecule has 1 atom stereocenters. The molecule has 0 N–H and O–H groups in total. The van der Waals surface area contributed by atoms with Crippen LogP contribution in [0.1, 0.15) is 24.2 Å². The van der Waals surface area contributed by atoms with Crippen LogP contribution in [0.3, 0.4) is 0 Å². The summed E-state index contributed by atoms with van der Waals surface area (Å²) in [5.74, 6) is 0. The fraction of sp³-hybridized carbons (Fsp3) is 0.118. The third-order valence-corrected chi connectivity index (χ3v) is 3.56. The fourth-order valence-corrected chi connectivity index (χ4v) is 2.28. The van der Waals surface area contributed by atoms with Crippen LogP contribution in [0.25, 0.3) is 6.08 Å². The Morgan fingerprint density at radius 3 is 2.33 bits per heavy atom. The molecule has 0 saturated heterocycles. The number of benzene rings is 2. The number of rotatable bonds is 5. The van der Waals surface area contributed by atoms with Gasteiger partial charge in [0.25, 0.3) is 0 Å². The van der Waals surface area contributed by atoms with Crippen LogP contribution in [0, 0.1) is 0 Å². The van der Waals surface area contributed by atoms with Gasteiger partial charge in [-0.05, 0) is 30.7 Å². The highest BCUT2D eigenvalue weighted by molar-refractivity contribution is 6.37. The van der Waals surface area contributed by atoms with Crippen molar-refractivity contribution in [2.45, 2.75) is 13.0 Å². The van der Waals surface area contributed by atoms with Crippen LogP contribution in [-0.2, 0) is 4.84 Å². The lowest BCUT2D eigenvalue weighted by atomic mass is 10.1. The molecular weight excluding hydrogens is 305 g/mol. The van der Waals surface area contributed by atoms with E-state index in [9.17, 15) is 0 Å². The van der Waals surface area contributed by atoms with Crippen LogP contribution >= 0.6 is 23.2 Å². The van der Waals surface area contributed by atoms with Crippen LogP contribution in [0.5, 0.6) is 0 Å². The van der Waals surface area contributed by atoms with Crippen molar-refractivity contribution in [1.29, 1.82) is 0 Å². The molecule has 2 nitrogen and oxygen atoms in total. The molecule has 21 heavy (non-hydrogen) atoms. The van der Waals surface area contributed by atoms with Gasteiger partial charge >= 0.3 is 0 Å². The van der Waals surface area contributed by atoms with Crippen molar-refractivity contribution in [2.24, 2.45) is 5.16 Å². The summed E-state index contributed by atoms with van der Waals surface area (Å²) in [6, 6.07) is 15.3. The van der Waals surface area contributed by atoms with E-state index in [-0.39, 0.29) is 6.10 Å². The molecule has 2 aromatic carbocycles. The van der Waals surface area contributed by atoms with Crippen molar-refractivity contribution in [3.8, 4) is 0 Å². The number of halogens is 2. The van der Waals surface area contributed by atoms with Crippen molar-refractivity contribution in [3.63, 3.8) is 0 Å². The first kappa shape index (κ1) is 15.6. The number of hydrogen-bond acceptors (Lipinski definition) is 2. The Balaban J connectivity index is 1.92. The van der Waals surface area contributed by atoms with E-state index in [1.807, 2.05) is 37.3 Å². The molecule has 0 amide bonds. The Kier molecular flexibility index (Phi) is 5.85. The highest BCUT2D eigenvalue weighted by Crippen LogP contribution is 2.25. The Bertz CT molecular complexity index is 618. The molecule has 0 heterocycles. The summed E-state index contributed by atoms with van der Waals surface area (Å²) in [5.41, 5.74) is 1.84. The Morgan fingerprint density at radius 2 is 1.67 bits per heavy atom. The normalized spacial score (nSPS) is 12.9. The van der Waals surface area contributed by atoms with E-state index in [0.717, 1.165) is 11.1 Å². The zero-order chi connectivity index (χ0) is 15.1.